The van der Waals surface area contributed by atoms with Crippen molar-refractivity contribution >= 4 is 11.8 Å². The van der Waals surface area contributed by atoms with E-state index in [0.717, 1.165) is 11.3 Å². The summed E-state index contributed by atoms with van der Waals surface area (Å²) in [6.45, 7) is 4.40. The lowest BCUT2D eigenvalue weighted by molar-refractivity contribution is -0.136. The Hall–Kier alpha value is -2.69. The Morgan fingerprint density at radius 3 is 2.72 bits per heavy atom. The second kappa shape index (κ2) is 7.47. The Bertz CT molecular complexity index is 743. The van der Waals surface area contributed by atoms with Crippen molar-refractivity contribution in [3.63, 3.8) is 0 Å². The standard InChI is InChI=1S/C20H23N3O2/c1-14-6-8-16(9-7-14)13-23-18(10-11-19(23)24)20(25)22-15(2)17-5-3-4-12-21-17/h3-9,12,15,18H,10-11,13H2,1-2H3,(H,22,25)/t15-,18+/m1/s1. The number of benzene rings is 1. The third-order valence-electron chi connectivity index (χ3n) is 4.59. The third kappa shape index (κ3) is 4.05. The fourth-order valence-electron chi connectivity index (χ4n) is 3.11. The summed E-state index contributed by atoms with van der Waals surface area (Å²) in [6, 6.07) is 13.1. The van der Waals surface area contributed by atoms with Gasteiger partial charge in [0, 0.05) is 19.2 Å². The number of hydrogen-bond acceptors (Lipinski definition) is 3. The molecule has 1 fully saturated rings. The molecule has 3 rings (SSSR count). The van der Waals surface area contributed by atoms with Gasteiger partial charge in [-0.05, 0) is 38.0 Å². The van der Waals surface area contributed by atoms with Gasteiger partial charge in [0.2, 0.25) is 11.8 Å². The second-order valence-corrected chi connectivity index (χ2v) is 6.55. The van der Waals surface area contributed by atoms with Crippen LogP contribution in [0.4, 0.5) is 0 Å². The van der Waals surface area contributed by atoms with Gasteiger partial charge in [0.05, 0.1) is 11.7 Å². The zero-order valence-corrected chi connectivity index (χ0v) is 14.6. The number of nitrogens with zero attached hydrogens (tertiary/aromatic N) is 2. The molecule has 5 heteroatoms. The van der Waals surface area contributed by atoms with Crippen LogP contribution in [-0.2, 0) is 16.1 Å². The summed E-state index contributed by atoms with van der Waals surface area (Å²) in [7, 11) is 0. The fraction of sp³-hybridized carbons (Fsp3) is 0.350. The predicted octanol–water partition coefficient (Wildman–Crippen LogP) is 2.76. The quantitative estimate of drug-likeness (QED) is 0.912. The summed E-state index contributed by atoms with van der Waals surface area (Å²) in [6.07, 6.45) is 2.69. The minimum absolute atomic E-state index is 0.0335. The molecule has 1 aromatic carbocycles. The number of carbonyl (C=O) groups excluding carboxylic acids is 2. The highest BCUT2D eigenvalue weighted by Crippen LogP contribution is 2.23. The summed E-state index contributed by atoms with van der Waals surface area (Å²) >= 11 is 0. The van der Waals surface area contributed by atoms with Crippen LogP contribution < -0.4 is 5.32 Å². The van der Waals surface area contributed by atoms with E-state index in [0.29, 0.717) is 19.4 Å². The molecule has 0 aliphatic carbocycles. The molecule has 2 atom stereocenters. The van der Waals surface area contributed by atoms with Gasteiger partial charge in [-0.25, -0.2) is 0 Å². The Morgan fingerprint density at radius 2 is 2.04 bits per heavy atom. The van der Waals surface area contributed by atoms with Gasteiger partial charge in [-0.2, -0.15) is 0 Å². The van der Waals surface area contributed by atoms with Crippen molar-refractivity contribution in [2.45, 2.75) is 45.3 Å². The van der Waals surface area contributed by atoms with Crippen LogP contribution in [0.2, 0.25) is 0 Å². The maximum Gasteiger partial charge on any atom is 0.243 e. The van der Waals surface area contributed by atoms with Crippen LogP contribution in [0.5, 0.6) is 0 Å². The first-order valence-electron chi connectivity index (χ1n) is 8.61. The molecular formula is C20H23N3O2. The molecule has 0 unspecified atom stereocenters. The van der Waals surface area contributed by atoms with E-state index >= 15 is 0 Å². The number of amides is 2. The molecule has 1 N–H and O–H groups in total. The van der Waals surface area contributed by atoms with Gasteiger partial charge in [-0.1, -0.05) is 35.9 Å². The first kappa shape index (κ1) is 17.1. The zero-order chi connectivity index (χ0) is 17.8. The van der Waals surface area contributed by atoms with Crippen molar-refractivity contribution in [2.24, 2.45) is 0 Å². The number of nitrogens with one attached hydrogen (secondary N) is 1. The van der Waals surface area contributed by atoms with Crippen molar-refractivity contribution in [1.29, 1.82) is 0 Å². The van der Waals surface area contributed by atoms with E-state index in [-0.39, 0.29) is 17.9 Å². The van der Waals surface area contributed by atoms with Gasteiger partial charge >= 0.3 is 0 Å². The summed E-state index contributed by atoms with van der Waals surface area (Å²) in [4.78, 5) is 30.9. The minimum atomic E-state index is -0.417. The Morgan fingerprint density at radius 1 is 1.28 bits per heavy atom. The van der Waals surface area contributed by atoms with E-state index in [1.165, 1.54) is 5.56 Å². The molecule has 1 saturated heterocycles. The lowest BCUT2D eigenvalue weighted by Crippen LogP contribution is -2.45. The molecule has 1 aliphatic rings. The first-order valence-corrected chi connectivity index (χ1v) is 8.61. The number of aromatic nitrogens is 1. The van der Waals surface area contributed by atoms with Crippen molar-refractivity contribution < 1.29 is 9.59 Å². The Labute approximate surface area is 148 Å². The van der Waals surface area contributed by atoms with E-state index in [2.05, 4.69) is 10.3 Å². The minimum Gasteiger partial charge on any atom is -0.346 e. The fourth-order valence-corrected chi connectivity index (χ4v) is 3.11. The number of rotatable bonds is 5. The summed E-state index contributed by atoms with van der Waals surface area (Å²) in [5.41, 5.74) is 3.02. The molecule has 2 aromatic rings. The first-order chi connectivity index (χ1) is 12.0. The van der Waals surface area contributed by atoms with Gasteiger partial charge in [-0.15, -0.1) is 0 Å². The molecular weight excluding hydrogens is 314 g/mol. The van der Waals surface area contributed by atoms with Crippen LogP contribution in [0, 0.1) is 6.92 Å². The number of carbonyl (C=O) groups is 2. The molecule has 0 bridgehead atoms. The second-order valence-electron chi connectivity index (χ2n) is 6.55. The monoisotopic (exact) mass is 337 g/mol. The van der Waals surface area contributed by atoms with Gasteiger partial charge in [0.15, 0.2) is 0 Å². The number of aryl methyl sites for hydroxylation is 1. The molecule has 25 heavy (non-hydrogen) atoms. The van der Waals surface area contributed by atoms with Crippen LogP contribution >= 0.6 is 0 Å². The third-order valence-corrected chi connectivity index (χ3v) is 4.59. The van der Waals surface area contributed by atoms with Crippen LogP contribution in [0.25, 0.3) is 0 Å². The highest BCUT2D eigenvalue weighted by molar-refractivity contribution is 5.91. The molecule has 0 spiro atoms. The highest BCUT2D eigenvalue weighted by atomic mass is 16.2. The SMILES string of the molecule is Cc1ccc(CN2C(=O)CC[C@H]2C(=O)N[C@H](C)c2ccccn2)cc1. The van der Waals surface area contributed by atoms with E-state index in [4.69, 9.17) is 0 Å². The zero-order valence-electron chi connectivity index (χ0n) is 14.6. The molecule has 1 aliphatic heterocycles. The Balaban J connectivity index is 1.68. The van der Waals surface area contributed by atoms with Gasteiger partial charge in [-0.3, -0.25) is 14.6 Å². The smallest absolute Gasteiger partial charge is 0.243 e. The maximum atomic E-state index is 12.7. The van der Waals surface area contributed by atoms with E-state index in [9.17, 15) is 9.59 Å². The number of hydrogen-bond donors (Lipinski definition) is 1. The van der Waals surface area contributed by atoms with E-state index in [1.54, 1.807) is 11.1 Å². The summed E-state index contributed by atoms with van der Waals surface area (Å²) in [5.74, 6) is -0.0812. The van der Waals surface area contributed by atoms with E-state index < -0.39 is 6.04 Å². The molecule has 0 radical (unpaired) electrons. The molecule has 2 amide bonds. The summed E-state index contributed by atoms with van der Waals surface area (Å²) in [5, 5.41) is 2.99. The predicted molar refractivity (Wildman–Crippen MR) is 95.5 cm³/mol. The average molecular weight is 337 g/mol. The lowest BCUT2D eigenvalue weighted by atomic mass is 10.1. The largest absolute Gasteiger partial charge is 0.346 e. The van der Waals surface area contributed by atoms with Crippen molar-refractivity contribution in [3.8, 4) is 0 Å². The number of pyridine rings is 1. The average Bonchev–Trinajstić information content (AvgIpc) is 2.98. The van der Waals surface area contributed by atoms with Crippen molar-refractivity contribution in [3.05, 3.63) is 65.5 Å². The highest BCUT2D eigenvalue weighted by Gasteiger charge is 2.36. The summed E-state index contributed by atoms with van der Waals surface area (Å²) < 4.78 is 0. The van der Waals surface area contributed by atoms with Gasteiger partial charge < -0.3 is 10.2 Å². The van der Waals surface area contributed by atoms with E-state index in [1.807, 2.05) is 56.3 Å². The lowest BCUT2D eigenvalue weighted by Gasteiger charge is -2.25. The molecule has 5 nitrogen and oxygen atoms in total. The Kier molecular flexibility index (Phi) is 5.12. The number of likely N-dealkylation sites (tertiary alicyclic amines) is 1. The van der Waals surface area contributed by atoms with Crippen molar-refractivity contribution in [1.82, 2.24) is 15.2 Å². The topological polar surface area (TPSA) is 62.3 Å². The van der Waals surface area contributed by atoms with Crippen LogP contribution in [0.15, 0.2) is 48.7 Å². The van der Waals surface area contributed by atoms with Crippen LogP contribution in [0.3, 0.4) is 0 Å². The normalized spacial score (nSPS) is 18.2. The van der Waals surface area contributed by atoms with Crippen LogP contribution in [-0.4, -0.2) is 27.7 Å². The van der Waals surface area contributed by atoms with Crippen LogP contribution in [0.1, 0.15) is 42.6 Å². The molecule has 2 heterocycles. The van der Waals surface area contributed by atoms with Crippen molar-refractivity contribution in [2.75, 3.05) is 0 Å². The molecule has 130 valence electrons. The van der Waals surface area contributed by atoms with Gasteiger partial charge in [0.25, 0.3) is 0 Å². The molecule has 0 saturated carbocycles. The van der Waals surface area contributed by atoms with Gasteiger partial charge in [0.1, 0.15) is 6.04 Å². The maximum absolute atomic E-state index is 12.7. The molecule has 1 aromatic heterocycles.